The molecule has 2 aromatic rings. The quantitative estimate of drug-likeness (QED) is 0.805. The van der Waals surface area contributed by atoms with E-state index in [2.05, 4.69) is 16.8 Å². The number of imidazole rings is 1. The molecule has 1 unspecified atom stereocenters. The molecule has 2 aromatic heterocycles. The fraction of sp³-hybridized carbons (Fsp3) is 0.467. The summed E-state index contributed by atoms with van der Waals surface area (Å²) in [5.41, 5.74) is 1.57. The SMILES string of the molecule is CCN1CCCC1c1ncc2ccc(C(=O)OC)cn12. The molecule has 1 aliphatic heterocycles. The Morgan fingerprint density at radius 1 is 1.50 bits per heavy atom. The number of aromatic nitrogens is 2. The number of likely N-dealkylation sites (tertiary alicyclic amines) is 1. The first-order chi connectivity index (χ1) is 9.74. The molecule has 5 heteroatoms. The van der Waals surface area contributed by atoms with E-state index in [1.54, 1.807) is 6.07 Å². The smallest absolute Gasteiger partial charge is 0.339 e. The van der Waals surface area contributed by atoms with Crippen molar-refractivity contribution in [3.05, 3.63) is 35.9 Å². The van der Waals surface area contributed by atoms with Gasteiger partial charge in [0.1, 0.15) is 5.82 Å². The summed E-state index contributed by atoms with van der Waals surface area (Å²) in [7, 11) is 1.40. The van der Waals surface area contributed by atoms with Gasteiger partial charge in [-0.1, -0.05) is 6.92 Å². The average molecular weight is 273 g/mol. The van der Waals surface area contributed by atoms with Gasteiger partial charge in [-0.15, -0.1) is 0 Å². The summed E-state index contributed by atoms with van der Waals surface area (Å²) in [6, 6.07) is 4.03. The van der Waals surface area contributed by atoms with Gasteiger partial charge in [-0.05, 0) is 38.1 Å². The maximum absolute atomic E-state index is 11.7. The van der Waals surface area contributed by atoms with Gasteiger partial charge in [0.05, 0.1) is 30.4 Å². The van der Waals surface area contributed by atoms with Crippen LogP contribution in [0.2, 0.25) is 0 Å². The normalized spacial score (nSPS) is 19.6. The number of ether oxygens (including phenoxy) is 1. The molecule has 20 heavy (non-hydrogen) atoms. The van der Waals surface area contributed by atoms with Crippen LogP contribution in [0.4, 0.5) is 0 Å². The minimum atomic E-state index is -0.315. The molecule has 3 rings (SSSR count). The number of hydrogen-bond acceptors (Lipinski definition) is 4. The number of nitrogens with zero attached hydrogens (tertiary/aromatic N) is 3. The van der Waals surface area contributed by atoms with E-state index < -0.39 is 0 Å². The molecule has 3 heterocycles. The first-order valence-electron chi connectivity index (χ1n) is 7.04. The highest BCUT2D eigenvalue weighted by molar-refractivity contribution is 5.89. The molecule has 0 amide bonds. The van der Waals surface area contributed by atoms with E-state index in [0.717, 1.165) is 30.9 Å². The van der Waals surface area contributed by atoms with E-state index in [0.29, 0.717) is 11.6 Å². The van der Waals surface area contributed by atoms with Gasteiger partial charge in [-0.2, -0.15) is 0 Å². The Balaban J connectivity index is 2.05. The predicted molar refractivity (Wildman–Crippen MR) is 75.8 cm³/mol. The van der Waals surface area contributed by atoms with Crippen molar-refractivity contribution in [3.63, 3.8) is 0 Å². The summed E-state index contributed by atoms with van der Waals surface area (Å²) < 4.78 is 6.81. The average Bonchev–Trinajstić information content (AvgIpc) is 3.11. The van der Waals surface area contributed by atoms with E-state index in [4.69, 9.17) is 4.74 Å². The molecule has 1 fully saturated rings. The number of fused-ring (bicyclic) bond motifs is 1. The van der Waals surface area contributed by atoms with Crippen LogP contribution in [0, 0.1) is 0 Å². The summed E-state index contributed by atoms with van der Waals surface area (Å²) in [4.78, 5) is 18.7. The summed E-state index contributed by atoms with van der Waals surface area (Å²) in [5.74, 6) is 0.704. The van der Waals surface area contributed by atoms with Gasteiger partial charge < -0.3 is 9.14 Å². The number of carbonyl (C=O) groups is 1. The van der Waals surface area contributed by atoms with Crippen LogP contribution < -0.4 is 0 Å². The second kappa shape index (κ2) is 5.25. The fourth-order valence-corrected chi connectivity index (χ4v) is 2.99. The molecule has 0 radical (unpaired) electrons. The molecule has 0 bridgehead atoms. The lowest BCUT2D eigenvalue weighted by Gasteiger charge is -2.21. The number of hydrogen-bond donors (Lipinski definition) is 0. The zero-order valence-corrected chi connectivity index (χ0v) is 11.9. The highest BCUT2D eigenvalue weighted by atomic mass is 16.5. The van der Waals surface area contributed by atoms with Gasteiger partial charge in [0.15, 0.2) is 0 Å². The van der Waals surface area contributed by atoms with Crippen molar-refractivity contribution in [3.8, 4) is 0 Å². The van der Waals surface area contributed by atoms with Crippen molar-refractivity contribution in [2.24, 2.45) is 0 Å². The van der Waals surface area contributed by atoms with E-state index in [9.17, 15) is 4.79 Å². The molecule has 106 valence electrons. The van der Waals surface area contributed by atoms with Crippen molar-refractivity contribution >= 4 is 11.5 Å². The Hall–Kier alpha value is -1.88. The van der Waals surface area contributed by atoms with Crippen LogP contribution in [0.25, 0.3) is 5.52 Å². The lowest BCUT2D eigenvalue weighted by Crippen LogP contribution is -2.24. The van der Waals surface area contributed by atoms with Crippen LogP contribution in [0.5, 0.6) is 0 Å². The third-order valence-corrected chi connectivity index (χ3v) is 4.04. The van der Waals surface area contributed by atoms with Gasteiger partial charge in [0.25, 0.3) is 0 Å². The summed E-state index contributed by atoms with van der Waals surface area (Å²) in [6.07, 6.45) is 6.01. The largest absolute Gasteiger partial charge is 0.465 e. The molecule has 0 N–H and O–H groups in total. The molecule has 0 spiro atoms. The fourth-order valence-electron chi connectivity index (χ4n) is 2.99. The topological polar surface area (TPSA) is 46.8 Å². The van der Waals surface area contributed by atoms with Crippen molar-refractivity contribution in [1.82, 2.24) is 14.3 Å². The maximum atomic E-state index is 11.7. The maximum Gasteiger partial charge on any atom is 0.339 e. The monoisotopic (exact) mass is 273 g/mol. The van der Waals surface area contributed by atoms with E-state index in [-0.39, 0.29) is 5.97 Å². The number of methoxy groups -OCH3 is 1. The van der Waals surface area contributed by atoms with E-state index in [1.165, 1.54) is 13.5 Å². The minimum Gasteiger partial charge on any atom is -0.465 e. The first-order valence-corrected chi connectivity index (χ1v) is 7.04. The molecular weight excluding hydrogens is 254 g/mol. The zero-order chi connectivity index (χ0) is 14.1. The van der Waals surface area contributed by atoms with Gasteiger partial charge in [0.2, 0.25) is 0 Å². The van der Waals surface area contributed by atoms with Crippen molar-refractivity contribution in [2.45, 2.75) is 25.8 Å². The number of carbonyl (C=O) groups excluding carboxylic acids is 1. The van der Waals surface area contributed by atoms with E-state index >= 15 is 0 Å². The molecule has 0 saturated carbocycles. The highest BCUT2D eigenvalue weighted by Gasteiger charge is 2.28. The van der Waals surface area contributed by atoms with Crippen molar-refractivity contribution < 1.29 is 9.53 Å². The standard InChI is InChI=1S/C15H19N3O2/c1-3-17-8-4-5-13(17)14-16-9-12-7-6-11(10-18(12)14)15(19)20-2/h6-7,9-10,13H,3-5,8H2,1-2H3. The van der Waals surface area contributed by atoms with Gasteiger partial charge in [0, 0.05) is 6.20 Å². The molecule has 1 saturated heterocycles. The Kier molecular flexibility index (Phi) is 3.44. The Bertz CT molecular complexity index is 635. The highest BCUT2D eigenvalue weighted by Crippen LogP contribution is 2.31. The van der Waals surface area contributed by atoms with Crippen molar-refractivity contribution in [1.29, 1.82) is 0 Å². The van der Waals surface area contributed by atoms with Crippen LogP contribution in [-0.2, 0) is 4.74 Å². The zero-order valence-electron chi connectivity index (χ0n) is 11.9. The third-order valence-electron chi connectivity index (χ3n) is 4.04. The van der Waals surface area contributed by atoms with Gasteiger partial charge in [-0.3, -0.25) is 4.90 Å². The Morgan fingerprint density at radius 2 is 2.35 bits per heavy atom. The van der Waals surface area contributed by atoms with Crippen LogP contribution in [0.1, 0.15) is 42.0 Å². The Morgan fingerprint density at radius 3 is 3.10 bits per heavy atom. The Labute approximate surface area is 118 Å². The molecular formula is C15H19N3O2. The molecule has 0 aromatic carbocycles. The summed E-state index contributed by atoms with van der Waals surface area (Å²) >= 11 is 0. The predicted octanol–water partition coefficient (Wildman–Crippen LogP) is 2.28. The van der Waals surface area contributed by atoms with E-state index in [1.807, 2.05) is 22.9 Å². The lowest BCUT2D eigenvalue weighted by atomic mass is 10.2. The van der Waals surface area contributed by atoms with Crippen molar-refractivity contribution in [2.75, 3.05) is 20.2 Å². The second-order valence-electron chi connectivity index (χ2n) is 5.11. The summed E-state index contributed by atoms with van der Waals surface area (Å²) in [6.45, 7) is 4.32. The number of esters is 1. The van der Waals surface area contributed by atoms with Crippen LogP contribution in [0.3, 0.4) is 0 Å². The number of pyridine rings is 1. The number of rotatable bonds is 3. The van der Waals surface area contributed by atoms with Gasteiger partial charge >= 0.3 is 5.97 Å². The molecule has 1 atom stereocenters. The first kappa shape index (κ1) is 13.1. The van der Waals surface area contributed by atoms with Crippen LogP contribution in [0.15, 0.2) is 24.5 Å². The van der Waals surface area contributed by atoms with Gasteiger partial charge in [-0.25, -0.2) is 9.78 Å². The lowest BCUT2D eigenvalue weighted by molar-refractivity contribution is 0.0600. The molecule has 0 aliphatic carbocycles. The molecule has 5 nitrogen and oxygen atoms in total. The van der Waals surface area contributed by atoms with Crippen LogP contribution >= 0.6 is 0 Å². The summed E-state index contributed by atoms with van der Waals surface area (Å²) in [5, 5.41) is 0. The molecule has 1 aliphatic rings. The van der Waals surface area contributed by atoms with Crippen LogP contribution in [-0.4, -0.2) is 40.5 Å². The second-order valence-corrected chi connectivity index (χ2v) is 5.11. The minimum absolute atomic E-state index is 0.315. The third kappa shape index (κ3) is 2.08.